The molecule has 0 radical (unpaired) electrons. The second-order valence-corrected chi connectivity index (χ2v) is 4.02. The molecule has 1 heterocycles. The van der Waals surface area contributed by atoms with E-state index in [1.165, 1.54) is 12.1 Å². The van der Waals surface area contributed by atoms with Crippen molar-refractivity contribution in [2.75, 3.05) is 0 Å². The molecule has 1 N–H and O–H groups in total. The number of nitrogens with zero attached hydrogens (tertiary/aromatic N) is 1. The Morgan fingerprint density at radius 1 is 1.24 bits per heavy atom. The Balaban J connectivity index is 1.93. The Kier molecular flexibility index (Phi) is 3.83. The predicted octanol–water partition coefficient (Wildman–Crippen LogP) is 3.07. The van der Waals surface area contributed by atoms with Crippen LogP contribution in [0, 0.1) is 5.82 Å². The molecule has 2 nitrogen and oxygen atoms in total. The monoisotopic (exact) mass is 230 g/mol. The van der Waals surface area contributed by atoms with Gasteiger partial charge in [-0.05, 0) is 36.2 Å². The normalized spacial score (nSPS) is 12.4. The topological polar surface area (TPSA) is 24.9 Å². The first kappa shape index (κ1) is 11.7. The van der Waals surface area contributed by atoms with E-state index in [0.29, 0.717) is 0 Å². The zero-order valence-corrected chi connectivity index (χ0v) is 9.73. The van der Waals surface area contributed by atoms with E-state index in [4.69, 9.17) is 0 Å². The first-order valence-electron chi connectivity index (χ1n) is 5.63. The minimum absolute atomic E-state index is 0.191. The van der Waals surface area contributed by atoms with E-state index in [1.54, 1.807) is 18.3 Å². The molecule has 0 aliphatic carbocycles. The number of hydrogen-bond acceptors (Lipinski definition) is 2. The highest BCUT2D eigenvalue weighted by Crippen LogP contribution is 2.13. The number of benzene rings is 1. The average Bonchev–Trinajstić information content (AvgIpc) is 2.38. The van der Waals surface area contributed by atoms with Gasteiger partial charge in [-0.1, -0.05) is 18.2 Å². The summed E-state index contributed by atoms with van der Waals surface area (Å²) in [6.45, 7) is 2.82. The van der Waals surface area contributed by atoms with Crippen molar-refractivity contribution >= 4 is 0 Å². The van der Waals surface area contributed by atoms with Gasteiger partial charge < -0.3 is 5.32 Å². The lowest BCUT2D eigenvalue weighted by molar-refractivity contribution is 0.570. The summed E-state index contributed by atoms with van der Waals surface area (Å²) in [5.41, 5.74) is 2.22. The summed E-state index contributed by atoms with van der Waals surface area (Å²) in [5.74, 6) is -0.201. The highest BCUT2D eigenvalue weighted by atomic mass is 19.1. The van der Waals surface area contributed by atoms with Crippen molar-refractivity contribution in [2.45, 2.75) is 19.5 Å². The van der Waals surface area contributed by atoms with Gasteiger partial charge in [-0.25, -0.2) is 4.39 Å². The van der Waals surface area contributed by atoms with E-state index in [9.17, 15) is 4.39 Å². The van der Waals surface area contributed by atoms with Gasteiger partial charge in [-0.2, -0.15) is 0 Å². The van der Waals surface area contributed by atoms with Crippen LogP contribution in [-0.4, -0.2) is 4.98 Å². The zero-order chi connectivity index (χ0) is 12.1. The Labute approximate surface area is 101 Å². The van der Waals surface area contributed by atoms with Crippen LogP contribution in [0.5, 0.6) is 0 Å². The first-order chi connectivity index (χ1) is 8.25. The van der Waals surface area contributed by atoms with Crippen LogP contribution in [0.15, 0.2) is 48.8 Å². The highest BCUT2D eigenvalue weighted by molar-refractivity contribution is 5.19. The molecule has 0 aliphatic rings. The lowest BCUT2D eigenvalue weighted by atomic mass is 10.1. The fourth-order valence-electron chi connectivity index (χ4n) is 1.64. The Bertz CT molecular complexity index is 453. The van der Waals surface area contributed by atoms with Crippen molar-refractivity contribution in [1.82, 2.24) is 10.3 Å². The third-order valence-electron chi connectivity index (χ3n) is 2.71. The fraction of sp³-hybridized carbons (Fsp3) is 0.214. The number of aromatic nitrogens is 1. The minimum Gasteiger partial charge on any atom is -0.306 e. The summed E-state index contributed by atoms with van der Waals surface area (Å²) in [7, 11) is 0. The lowest BCUT2D eigenvalue weighted by Gasteiger charge is -2.14. The maximum Gasteiger partial charge on any atom is 0.123 e. The molecule has 0 unspecified atom stereocenters. The van der Waals surface area contributed by atoms with E-state index in [0.717, 1.165) is 17.7 Å². The predicted molar refractivity (Wildman–Crippen MR) is 65.9 cm³/mol. The maximum absolute atomic E-state index is 12.8. The van der Waals surface area contributed by atoms with E-state index >= 15 is 0 Å². The molecule has 2 aromatic rings. The summed E-state index contributed by atoms with van der Waals surface area (Å²) in [4.78, 5) is 4.06. The van der Waals surface area contributed by atoms with Crippen LogP contribution in [0.1, 0.15) is 24.1 Å². The molecule has 2 rings (SSSR count). The van der Waals surface area contributed by atoms with Crippen LogP contribution in [0.2, 0.25) is 0 Å². The molecule has 17 heavy (non-hydrogen) atoms. The first-order valence-corrected chi connectivity index (χ1v) is 5.63. The van der Waals surface area contributed by atoms with Gasteiger partial charge in [-0.15, -0.1) is 0 Å². The van der Waals surface area contributed by atoms with Gasteiger partial charge in [0.15, 0.2) is 0 Å². The van der Waals surface area contributed by atoms with Crippen LogP contribution in [0.3, 0.4) is 0 Å². The fourth-order valence-corrected chi connectivity index (χ4v) is 1.64. The highest BCUT2D eigenvalue weighted by Gasteiger charge is 2.04. The SMILES string of the molecule is C[C@@H](NCc1cccnc1)c1ccc(F)cc1. The third-order valence-corrected chi connectivity index (χ3v) is 2.71. The van der Waals surface area contributed by atoms with Crippen LogP contribution in [0.4, 0.5) is 4.39 Å². The molecule has 3 heteroatoms. The maximum atomic E-state index is 12.8. The standard InChI is InChI=1S/C14H15FN2/c1-11(13-4-6-14(15)7-5-13)17-10-12-3-2-8-16-9-12/h2-9,11,17H,10H2,1H3/t11-/m1/s1. The van der Waals surface area contributed by atoms with Crippen LogP contribution < -0.4 is 5.32 Å². The number of halogens is 1. The second kappa shape index (κ2) is 5.55. The summed E-state index contributed by atoms with van der Waals surface area (Å²) in [5, 5.41) is 3.37. The van der Waals surface area contributed by atoms with Gasteiger partial charge in [-0.3, -0.25) is 4.98 Å². The molecule has 0 bridgehead atoms. The number of hydrogen-bond donors (Lipinski definition) is 1. The molecule has 0 amide bonds. The van der Waals surface area contributed by atoms with Gasteiger partial charge >= 0.3 is 0 Å². The molecule has 0 saturated carbocycles. The smallest absolute Gasteiger partial charge is 0.123 e. The summed E-state index contributed by atoms with van der Waals surface area (Å²) in [6, 6.07) is 10.7. The van der Waals surface area contributed by atoms with E-state index < -0.39 is 0 Å². The largest absolute Gasteiger partial charge is 0.306 e. The van der Waals surface area contributed by atoms with E-state index in [1.807, 2.05) is 18.3 Å². The van der Waals surface area contributed by atoms with Crippen LogP contribution in [0.25, 0.3) is 0 Å². The van der Waals surface area contributed by atoms with Crippen molar-refractivity contribution < 1.29 is 4.39 Å². The van der Waals surface area contributed by atoms with Gasteiger partial charge in [0.05, 0.1) is 0 Å². The molecule has 1 aromatic heterocycles. The van der Waals surface area contributed by atoms with Crippen molar-refractivity contribution in [2.24, 2.45) is 0 Å². The van der Waals surface area contributed by atoms with Gasteiger partial charge in [0.2, 0.25) is 0 Å². The van der Waals surface area contributed by atoms with Crippen molar-refractivity contribution in [1.29, 1.82) is 0 Å². The molecular weight excluding hydrogens is 215 g/mol. The number of rotatable bonds is 4. The van der Waals surface area contributed by atoms with Crippen molar-refractivity contribution in [3.05, 3.63) is 65.7 Å². The summed E-state index contributed by atoms with van der Waals surface area (Å²) in [6.07, 6.45) is 3.59. The summed E-state index contributed by atoms with van der Waals surface area (Å²) < 4.78 is 12.8. The third kappa shape index (κ3) is 3.36. The molecule has 1 atom stereocenters. The molecule has 0 fully saturated rings. The van der Waals surface area contributed by atoms with Crippen LogP contribution in [-0.2, 0) is 6.54 Å². The zero-order valence-electron chi connectivity index (χ0n) is 9.73. The van der Waals surface area contributed by atoms with Gasteiger partial charge in [0.25, 0.3) is 0 Å². The van der Waals surface area contributed by atoms with E-state index in [-0.39, 0.29) is 11.9 Å². The lowest BCUT2D eigenvalue weighted by Crippen LogP contribution is -2.18. The number of pyridine rings is 1. The molecular formula is C14H15FN2. The molecule has 0 spiro atoms. The van der Waals surface area contributed by atoms with Crippen LogP contribution >= 0.6 is 0 Å². The molecule has 88 valence electrons. The van der Waals surface area contributed by atoms with E-state index in [2.05, 4.69) is 17.2 Å². The quantitative estimate of drug-likeness (QED) is 0.873. The Morgan fingerprint density at radius 3 is 2.65 bits per heavy atom. The Hall–Kier alpha value is -1.74. The summed E-state index contributed by atoms with van der Waals surface area (Å²) >= 11 is 0. The molecule has 0 saturated heterocycles. The minimum atomic E-state index is -0.201. The van der Waals surface area contributed by atoms with Crippen molar-refractivity contribution in [3.8, 4) is 0 Å². The van der Waals surface area contributed by atoms with Gasteiger partial charge in [0.1, 0.15) is 5.82 Å². The molecule has 0 aliphatic heterocycles. The number of nitrogens with one attached hydrogen (secondary N) is 1. The van der Waals surface area contributed by atoms with Crippen molar-refractivity contribution in [3.63, 3.8) is 0 Å². The Morgan fingerprint density at radius 2 is 2.00 bits per heavy atom. The molecule has 1 aromatic carbocycles. The average molecular weight is 230 g/mol. The van der Waals surface area contributed by atoms with Gasteiger partial charge in [0, 0.05) is 25.0 Å². The second-order valence-electron chi connectivity index (χ2n) is 4.02.